The van der Waals surface area contributed by atoms with E-state index in [2.05, 4.69) is 11.1 Å². The first kappa shape index (κ1) is 8.70. The Morgan fingerprint density at radius 2 is 2.31 bits per heavy atom. The monoisotopic (exact) mass is 176 g/mol. The third-order valence-corrected chi connectivity index (χ3v) is 2.87. The van der Waals surface area contributed by atoms with Crippen molar-refractivity contribution in [3.05, 3.63) is 30.1 Å². The summed E-state index contributed by atoms with van der Waals surface area (Å²) in [6.45, 7) is 0. The van der Waals surface area contributed by atoms with E-state index in [1.165, 1.54) is 24.8 Å². The van der Waals surface area contributed by atoms with Crippen molar-refractivity contribution in [2.24, 2.45) is 5.73 Å². The SMILES string of the molecule is N[C@@H]1CCC[C@@H](c2cccnc2)C1. The van der Waals surface area contributed by atoms with Gasteiger partial charge in [-0.05, 0) is 36.8 Å². The third kappa shape index (κ3) is 2.07. The van der Waals surface area contributed by atoms with Gasteiger partial charge in [0.15, 0.2) is 0 Å². The lowest BCUT2D eigenvalue weighted by Gasteiger charge is -2.26. The van der Waals surface area contributed by atoms with Gasteiger partial charge in [-0.1, -0.05) is 12.5 Å². The zero-order chi connectivity index (χ0) is 9.10. The van der Waals surface area contributed by atoms with Crippen LogP contribution in [-0.4, -0.2) is 11.0 Å². The zero-order valence-electron chi connectivity index (χ0n) is 7.82. The fourth-order valence-electron chi connectivity index (χ4n) is 2.15. The van der Waals surface area contributed by atoms with Crippen molar-refractivity contribution < 1.29 is 0 Å². The van der Waals surface area contributed by atoms with Crippen molar-refractivity contribution in [1.82, 2.24) is 4.98 Å². The molecule has 0 radical (unpaired) electrons. The summed E-state index contributed by atoms with van der Waals surface area (Å²) < 4.78 is 0. The van der Waals surface area contributed by atoms with Crippen LogP contribution in [0.2, 0.25) is 0 Å². The molecule has 2 atom stereocenters. The van der Waals surface area contributed by atoms with Crippen molar-refractivity contribution in [3.63, 3.8) is 0 Å². The average molecular weight is 176 g/mol. The van der Waals surface area contributed by atoms with Gasteiger partial charge in [0, 0.05) is 18.4 Å². The molecule has 2 rings (SSSR count). The molecule has 0 aliphatic heterocycles. The molecular weight excluding hydrogens is 160 g/mol. The normalized spacial score (nSPS) is 28.7. The van der Waals surface area contributed by atoms with Gasteiger partial charge >= 0.3 is 0 Å². The molecule has 0 amide bonds. The minimum atomic E-state index is 0.402. The first-order chi connectivity index (χ1) is 6.36. The fraction of sp³-hybridized carbons (Fsp3) is 0.545. The van der Waals surface area contributed by atoms with E-state index in [-0.39, 0.29) is 0 Å². The largest absolute Gasteiger partial charge is 0.328 e. The summed E-state index contributed by atoms with van der Waals surface area (Å²) in [4.78, 5) is 4.14. The van der Waals surface area contributed by atoms with Gasteiger partial charge in [0.1, 0.15) is 0 Å². The Hall–Kier alpha value is -0.890. The quantitative estimate of drug-likeness (QED) is 0.711. The highest BCUT2D eigenvalue weighted by Crippen LogP contribution is 2.31. The maximum Gasteiger partial charge on any atom is 0.0302 e. The van der Waals surface area contributed by atoms with E-state index in [0.29, 0.717) is 12.0 Å². The molecule has 70 valence electrons. The lowest BCUT2D eigenvalue weighted by molar-refractivity contribution is 0.393. The molecule has 1 aromatic rings. The van der Waals surface area contributed by atoms with Gasteiger partial charge in [-0.25, -0.2) is 0 Å². The number of nitrogens with zero attached hydrogens (tertiary/aromatic N) is 1. The van der Waals surface area contributed by atoms with Crippen LogP contribution in [0, 0.1) is 0 Å². The molecular formula is C11H16N2. The van der Waals surface area contributed by atoms with Crippen LogP contribution in [0.3, 0.4) is 0 Å². The Bertz CT molecular complexity index is 258. The van der Waals surface area contributed by atoms with E-state index in [0.717, 1.165) is 6.42 Å². The third-order valence-electron chi connectivity index (χ3n) is 2.87. The number of rotatable bonds is 1. The Balaban J connectivity index is 2.08. The highest BCUT2D eigenvalue weighted by Gasteiger charge is 2.20. The number of hydrogen-bond donors (Lipinski definition) is 1. The second-order valence-corrected chi connectivity index (χ2v) is 3.91. The second-order valence-electron chi connectivity index (χ2n) is 3.91. The van der Waals surface area contributed by atoms with Crippen molar-refractivity contribution in [2.45, 2.75) is 37.6 Å². The van der Waals surface area contributed by atoms with E-state index in [9.17, 15) is 0 Å². The van der Waals surface area contributed by atoms with Gasteiger partial charge in [0.05, 0.1) is 0 Å². The molecule has 1 aromatic heterocycles. The lowest BCUT2D eigenvalue weighted by Crippen LogP contribution is -2.26. The lowest BCUT2D eigenvalue weighted by atomic mass is 9.82. The van der Waals surface area contributed by atoms with Crippen molar-refractivity contribution >= 4 is 0 Å². The Kier molecular flexibility index (Phi) is 2.60. The number of nitrogens with two attached hydrogens (primary N) is 1. The van der Waals surface area contributed by atoms with E-state index >= 15 is 0 Å². The molecule has 2 nitrogen and oxygen atoms in total. The van der Waals surface area contributed by atoms with Crippen molar-refractivity contribution in [1.29, 1.82) is 0 Å². The van der Waals surface area contributed by atoms with Crippen LogP contribution >= 0.6 is 0 Å². The van der Waals surface area contributed by atoms with Crippen molar-refractivity contribution in [3.8, 4) is 0 Å². The maximum atomic E-state index is 5.94. The summed E-state index contributed by atoms with van der Waals surface area (Å²) in [6, 6.07) is 4.57. The molecule has 1 fully saturated rings. The summed E-state index contributed by atoms with van der Waals surface area (Å²) in [5.41, 5.74) is 7.30. The van der Waals surface area contributed by atoms with Gasteiger partial charge in [0.25, 0.3) is 0 Å². The highest BCUT2D eigenvalue weighted by atomic mass is 14.6. The topological polar surface area (TPSA) is 38.9 Å². The van der Waals surface area contributed by atoms with Gasteiger partial charge in [0.2, 0.25) is 0 Å². The number of pyridine rings is 1. The summed E-state index contributed by atoms with van der Waals surface area (Å²) >= 11 is 0. The molecule has 13 heavy (non-hydrogen) atoms. The minimum Gasteiger partial charge on any atom is -0.328 e. The molecule has 0 spiro atoms. The summed E-state index contributed by atoms with van der Waals surface area (Å²) in [6.07, 6.45) is 8.66. The van der Waals surface area contributed by atoms with E-state index < -0.39 is 0 Å². The first-order valence-corrected chi connectivity index (χ1v) is 5.02. The standard InChI is InChI=1S/C11H16N2/c12-11-5-1-3-9(7-11)10-4-2-6-13-8-10/h2,4,6,8-9,11H,1,3,5,7,12H2/t9-,11-/m1/s1. The molecule has 0 unspecified atom stereocenters. The minimum absolute atomic E-state index is 0.402. The fourth-order valence-corrected chi connectivity index (χ4v) is 2.15. The van der Waals surface area contributed by atoms with Gasteiger partial charge in [-0.15, -0.1) is 0 Å². The molecule has 1 aliphatic rings. The van der Waals surface area contributed by atoms with Gasteiger partial charge in [-0.2, -0.15) is 0 Å². The molecule has 0 bridgehead atoms. The number of hydrogen-bond acceptors (Lipinski definition) is 2. The highest BCUT2D eigenvalue weighted by molar-refractivity contribution is 5.15. The predicted molar refractivity (Wildman–Crippen MR) is 53.4 cm³/mol. The number of aromatic nitrogens is 1. The van der Waals surface area contributed by atoms with Crippen LogP contribution in [0.25, 0.3) is 0 Å². The Morgan fingerprint density at radius 3 is 3.00 bits per heavy atom. The Labute approximate surface area is 79.2 Å². The van der Waals surface area contributed by atoms with Crippen LogP contribution in [-0.2, 0) is 0 Å². The van der Waals surface area contributed by atoms with E-state index in [4.69, 9.17) is 5.73 Å². The Morgan fingerprint density at radius 1 is 1.38 bits per heavy atom. The molecule has 0 saturated heterocycles. The molecule has 1 saturated carbocycles. The van der Waals surface area contributed by atoms with Gasteiger partial charge in [-0.3, -0.25) is 4.98 Å². The van der Waals surface area contributed by atoms with E-state index in [1.807, 2.05) is 18.5 Å². The predicted octanol–water partition coefficient (Wildman–Crippen LogP) is 2.07. The molecule has 2 heteroatoms. The van der Waals surface area contributed by atoms with Crippen LogP contribution in [0.1, 0.15) is 37.2 Å². The molecule has 1 heterocycles. The van der Waals surface area contributed by atoms with E-state index in [1.54, 1.807) is 0 Å². The first-order valence-electron chi connectivity index (χ1n) is 5.02. The smallest absolute Gasteiger partial charge is 0.0302 e. The average Bonchev–Trinajstić information content (AvgIpc) is 2.19. The van der Waals surface area contributed by atoms with Gasteiger partial charge < -0.3 is 5.73 Å². The van der Waals surface area contributed by atoms with Crippen LogP contribution in [0.15, 0.2) is 24.5 Å². The maximum absolute atomic E-state index is 5.94. The van der Waals surface area contributed by atoms with Crippen LogP contribution < -0.4 is 5.73 Å². The zero-order valence-corrected chi connectivity index (χ0v) is 7.82. The molecule has 0 aromatic carbocycles. The summed E-state index contributed by atoms with van der Waals surface area (Å²) in [5.74, 6) is 0.650. The molecule has 2 N–H and O–H groups in total. The van der Waals surface area contributed by atoms with Crippen LogP contribution in [0.5, 0.6) is 0 Å². The summed E-state index contributed by atoms with van der Waals surface area (Å²) in [5, 5.41) is 0. The van der Waals surface area contributed by atoms with Crippen LogP contribution in [0.4, 0.5) is 0 Å². The second kappa shape index (κ2) is 3.88. The van der Waals surface area contributed by atoms with Crippen molar-refractivity contribution in [2.75, 3.05) is 0 Å². The molecule has 1 aliphatic carbocycles. The summed E-state index contributed by atoms with van der Waals surface area (Å²) in [7, 11) is 0.